The van der Waals surface area contributed by atoms with Crippen LogP contribution >= 0.6 is 0 Å². The molecule has 2 aromatic heterocycles. The molecule has 1 aromatic carbocycles. The molecule has 0 aliphatic carbocycles. The molecular formula is C17H22N4O2. The topological polar surface area (TPSA) is 97.0 Å². The van der Waals surface area contributed by atoms with E-state index in [2.05, 4.69) is 9.97 Å². The average molecular weight is 314 g/mol. The van der Waals surface area contributed by atoms with E-state index in [1.165, 1.54) is 0 Å². The normalized spacial score (nSPS) is 12.3. The van der Waals surface area contributed by atoms with Crippen LogP contribution in [-0.2, 0) is 16.8 Å². The van der Waals surface area contributed by atoms with Crippen LogP contribution in [0.3, 0.4) is 0 Å². The molecule has 6 heteroatoms. The van der Waals surface area contributed by atoms with Crippen molar-refractivity contribution in [2.75, 3.05) is 18.9 Å². The van der Waals surface area contributed by atoms with E-state index in [4.69, 9.17) is 15.5 Å². The van der Waals surface area contributed by atoms with E-state index in [0.717, 1.165) is 22.0 Å². The largest absolute Gasteiger partial charge is 0.396 e. The number of nitrogens with one attached hydrogen (secondary N) is 1. The molecule has 122 valence electrons. The summed E-state index contributed by atoms with van der Waals surface area (Å²) in [6.07, 6.45) is 0.551. The molecule has 0 aliphatic heterocycles. The molecule has 0 saturated heterocycles. The fourth-order valence-electron chi connectivity index (χ4n) is 2.92. The number of ether oxygens (including phenoxy) is 1. The number of nitrogens with zero attached hydrogens (tertiary/aromatic N) is 2. The maximum absolute atomic E-state index is 9.32. The number of rotatable bonds is 5. The number of aromatic nitrogens is 3. The van der Waals surface area contributed by atoms with E-state index in [0.29, 0.717) is 30.2 Å². The molecule has 23 heavy (non-hydrogen) atoms. The lowest BCUT2D eigenvalue weighted by Gasteiger charge is -2.21. The van der Waals surface area contributed by atoms with Crippen LogP contribution in [-0.4, -0.2) is 33.3 Å². The lowest BCUT2D eigenvalue weighted by atomic mass is 10.0. The predicted molar refractivity (Wildman–Crippen MR) is 91.2 cm³/mol. The Kier molecular flexibility index (Phi) is 3.95. The van der Waals surface area contributed by atoms with Crippen molar-refractivity contribution in [2.45, 2.75) is 32.8 Å². The molecule has 0 amide bonds. The molecule has 2 heterocycles. The number of nitrogen functional groups attached to an aromatic ring is 1. The van der Waals surface area contributed by atoms with Gasteiger partial charge in [-0.3, -0.25) is 0 Å². The summed E-state index contributed by atoms with van der Waals surface area (Å²) < 4.78 is 5.78. The van der Waals surface area contributed by atoms with Gasteiger partial charge in [-0.15, -0.1) is 0 Å². The molecule has 0 fully saturated rings. The molecule has 0 bridgehead atoms. The van der Waals surface area contributed by atoms with Crippen molar-refractivity contribution >= 4 is 27.8 Å². The number of pyridine rings is 1. The Hall–Kier alpha value is -2.18. The standard InChI is InChI=1S/C17H22N4O2/c1-4-23-17(2,3)16-20-13-12-10(8-9-22)6-5-7-11(12)19-15(18)14(13)21-16/h5-7,22H,4,8-9H2,1-3H3,(H2,18,19)(H,20,21). The van der Waals surface area contributed by atoms with Gasteiger partial charge in [-0.2, -0.15) is 0 Å². The zero-order chi connectivity index (χ0) is 16.6. The van der Waals surface area contributed by atoms with E-state index >= 15 is 0 Å². The molecule has 0 spiro atoms. The second-order valence-corrected chi connectivity index (χ2v) is 6.03. The van der Waals surface area contributed by atoms with Gasteiger partial charge in [0.2, 0.25) is 0 Å². The van der Waals surface area contributed by atoms with Crippen LogP contribution in [0.2, 0.25) is 0 Å². The lowest BCUT2D eigenvalue weighted by Crippen LogP contribution is -2.23. The first-order valence-electron chi connectivity index (χ1n) is 7.80. The van der Waals surface area contributed by atoms with Crippen LogP contribution in [0.5, 0.6) is 0 Å². The minimum Gasteiger partial charge on any atom is -0.396 e. The first kappa shape index (κ1) is 15.7. The SMILES string of the molecule is CCOC(C)(C)c1nc2c([nH]1)c(N)nc1cccc(CCO)c12. The van der Waals surface area contributed by atoms with Crippen LogP contribution in [0, 0.1) is 0 Å². The highest BCUT2D eigenvalue weighted by atomic mass is 16.5. The van der Waals surface area contributed by atoms with Crippen LogP contribution in [0.15, 0.2) is 18.2 Å². The Balaban J connectivity index is 2.32. The summed E-state index contributed by atoms with van der Waals surface area (Å²) in [7, 11) is 0. The maximum Gasteiger partial charge on any atom is 0.150 e. The third-order valence-corrected chi connectivity index (χ3v) is 4.02. The van der Waals surface area contributed by atoms with E-state index < -0.39 is 5.60 Å². The van der Waals surface area contributed by atoms with Crippen LogP contribution < -0.4 is 5.73 Å². The molecule has 3 rings (SSSR count). The van der Waals surface area contributed by atoms with Crippen molar-refractivity contribution in [1.29, 1.82) is 0 Å². The van der Waals surface area contributed by atoms with E-state index in [1.54, 1.807) is 0 Å². The van der Waals surface area contributed by atoms with Gasteiger partial charge < -0.3 is 20.6 Å². The van der Waals surface area contributed by atoms with Gasteiger partial charge in [-0.1, -0.05) is 12.1 Å². The van der Waals surface area contributed by atoms with Gasteiger partial charge in [0.25, 0.3) is 0 Å². The molecule has 0 aliphatic rings. The number of benzene rings is 1. The van der Waals surface area contributed by atoms with Gasteiger partial charge in [-0.05, 0) is 38.8 Å². The predicted octanol–water partition coefficient (Wildman–Crippen LogP) is 2.50. The van der Waals surface area contributed by atoms with Gasteiger partial charge in [0.15, 0.2) is 0 Å². The average Bonchev–Trinajstić information content (AvgIpc) is 2.94. The Morgan fingerprint density at radius 2 is 2.09 bits per heavy atom. The number of aliphatic hydroxyl groups is 1. The fraction of sp³-hybridized carbons (Fsp3) is 0.412. The Labute approximate surface area is 134 Å². The Morgan fingerprint density at radius 3 is 2.78 bits per heavy atom. The van der Waals surface area contributed by atoms with Crippen molar-refractivity contribution in [3.05, 3.63) is 29.6 Å². The number of imidazole rings is 1. The molecule has 6 nitrogen and oxygen atoms in total. The van der Waals surface area contributed by atoms with Crippen molar-refractivity contribution in [1.82, 2.24) is 15.0 Å². The molecular weight excluding hydrogens is 292 g/mol. The minimum absolute atomic E-state index is 0.0761. The monoisotopic (exact) mass is 314 g/mol. The number of hydrogen-bond acceptors (Lipinski definition) is 5. The van der Waals surface area contributed by atoms with Crippen LogP contribution in [0.1, 0.15) is 32.2 Å². The molecule has 4 N–H and O–H groups in total. The first-order chi connectivity index (χ1) is 11.0. The lowest BCUT2D eigenvalue weighted by molar-refractivity contribution is -0.0199. The zero-order valence-electron chi connectivity index (χ0n) is 13.7. The van der Waals surface area contributed by atoms with E-state index in [1.807, 2.05) is 39.0 Å². The molecule has 0 unspecified atom stereocenters. The second-order valence-electron chi connectivity index (χ2n) is 6.03. The van der Waals surface area contributed by atoms with Crippen molar-refractivity contribution in [3.8, 4) is 0 Å². The minimum atomic E-state index is -0.543. The molecule has 0 saturated carbocycles. The first-order valence-corrected chi connectivity index (χ1v) is 7.80. The number of fused-ring (bicyclic) bond motifs is 3. The van der Waals surface area contributed by atoms with Crippen LogP contribution in [0.25, 0.3) is 21.9 Å². The molecule has 3 aromatic rings. The van der Waals surface area contributed by atoms with E-state index in [-0.39, 0.29) is 6.61 Å². The number of hydrogen-bond donors (Lipinski definition) is 3. The maximum atomic E-state index is 9.32. The smallest absolute Gasteiger partial charge is 0.150 e. The quantitative estimate of drug-likeness (QED) is 0.672. The third kappa shape index (κ3) is 2.64. The van der Waals surface area contributed by atoms with Crippen molar-refractivity contribution in [3.63, 3.8) is 0 Å². The summed E-state index contributed by atoms with van der Waals surface area (Å²) in [5.41, 5.74) is 8.85. The highest BCUT2D eigenvalue weighted by molar-refractivity contribution is 6.07. The summed E-state index contributed by atoms with van der Waals surface area (Å²) in [5, 5.41) is 10.2. The summed E-state index contributed by atoms with van der Waals surface area (Å²) in [4.78, 5) is 12.5. The highest BCUT2D eigenvalue weighted by Gasteiger charge is 2.26. The van der Waals surface area contributed by atoms with Gasteiger partial charge in [0.1, 0.15) is 28.3 Å². The van der Waals surface area contributed by atoms with Crippen molar-refractivity contribution < 1.29 is 9.84 Å². The number of anilines is 1. The van der Waals surface area contributed by atoms with Gasteiger partial charge in [0.05, 0.1) is 5.52 Å². The number of H-pyrrole nitrogens is 1. The summed E-state index contributed by atoms with van der Waals surface area (Å²) in [6.45, 7) is 6.55. The van der Waals surface area contributed by atoms with Gasteiger partial charge in [-0.25, -0.2) is 9.97 Å². The highest BCUT2D eigenvalue weighted by Crippen LogP contribution is 2.32. The number of aromatic amines is 1. The number of nitrogens with two attached hydrogens (primary N) is 1. The third-order valence-electron chi connectivity index (χ3n) is 4.02. The summed E-state index contributed by atoms with van der Waals surface area (Å²) in [5.74, 6) is 1.13. The fourth-order valence-corrected chi connectivity index (χ4v) is 2.92. The van der Waals surface area contributed by atoms with E-state index in [9.17, 15) is 5.11 Å². The molecule has 0 atom stereocenters. The second kappa shape index (κ2) is 5.79. The van der Waals surface area contributed by atoms with Gasteiger partial charge >= 0.3 is 0 Å². The molecule has 0 radical (unpaired) electrons. The zero-order valence-corrected chi connectivity index (χ0v) is 13.7. The summed E-state index contributed by atoms with van der Waals surface area (Å²) >= 11 is 0. The Morgan fingerprint density at radius 1 is 1.30 bits per heavy atom. The van der Waals surface area contributed by atoms with Gasteiger partial charge in [0, 0.05) is 18.6 Å². The number of aliphatic hydroxyl groups excluding tert-OH is 1. The van der Waals surface area contributed by atoms with Crippen LogP contribution in [0.4, 0.5) is 5.82 Å². The van der Waals surface area contributed by atoms with Crippen molar-refractivity contribution in [2.24, 2.45) is 0 Å². The summed E-state index contributed by atoms with van der Waals surface area (Å²) in [6, 6.07) is 5.81. The Bertz CT molecular complexity index is 855.